The molecule has 0 radical (unpaired) electrons. The van der Waals surface area contributed by atoms with Crippen LogP contribution in [0.4, 0.5) is 0 Å². The van der Waals surface area contributed by atoms with Crippen LogP contribution in [0.3, 0.4) is 0 Å². The largest absolute Gasteiger partial charge is 0.494 e. The van der Waals surface area contributed by atoms with Crippen molar-refractivity contribution in [1.29, 1.82) is 0 Å². The number of hydrogen-bond donors (Lipinski definition) is 2. The minimum atomic E-state index is -4.16. The van der Waals surface area contributed by atoms with Gasteiger partial charge < -0.3 is 14.9 Å². The molecule has 37 heavy (non-hydrogen) atoms. The zero-order chi connectivity index (χ0) is 27.2. The number of benzene rings is 1. The number of Topliss-reactive ketones (excluding diaryl/α,β-unsaturated/α-hetero) is 1. The maximum absolute atomic E-state index is 12.1. The van der Waals surface area contributed by atoms with Crippen molar-refractivity contribution in [2.45, 2.75) is 104 Å². The van der Waals surface area contributed by atoms with E-state index in [-0.39, 0.29) is 31.3 Å². The molecule has 2 unspecified atom stereocenters. The summed E-state index contributed by atoms with van der Waals surface area (Å²) in [6.45, 7) is 5.26. The number of ether oxygens (including phenoxy) is 1. The van der Waals surface area contributed by atoms with Gasteiger partial charge in [-0.05, 0) is 43.5 Å². The molecular formula is C29H52NO6P. The van der Waals surface area contributed by atoms with E-state index in [0.29, 0.717) is 26.0 Å². The van der Waals surface area contributed by atoms with E-state index < -0.39 is 7.82 Å². The third-order valence-corrected chi connectivity index (χ3v) is 7.41. The summed E-state index contributed by atoms with van der Waals surface area (Å²) in [6, 6.07) is 7.87. The Morgan fingerprint density at radius 1 is 0.946 bits per heavy atom. The van der Waals surface area contributed by atoms with E-state index >= 15 is 0 Å². The second kappa shape index (κ2) is 21.7. The molecule has 2 atom stereocenters. The molecule has 0 fully saturated rings. The fourth-order valence-corrected chi connectivity index (χ4v) is 5.00. The average Bonchev–Trinajstić information content (AvgIpc) is 2.88. The Balaban J connectivity index is 2.39. The van der Waals surface area contributed by atoms with Crippen molar-refractivity contribution < 1.29 is 28.0 Å². The van der Waals surface area contributed by atoms with Crippen LogP contribution in [-0.2, 0) is 24.8 Å². The zero-order valence-electron chi connectivity index (χ0n) is 23.6. The molecule has 0 aromatic heterocycles. The van der Waals surface area contributed by atoms with E-state index in [1.54, 1.807) is 7.05 Å². The molecule has 1 aromatic rings. The highest BCUT2D eigenvalue weighted by atomic mass is 31.2. The average molecular weight is 542 g/mol. The molecule has 0 aliphatic carbocycles. The Bertz CT molecular complexity index is 760. The molecule has 0 bridgehead atoms. The summed E-state index contributed by atoms with van der Waals surface area (Å²) in [6.07, 6.45) is 15.6. The quantitative estimate of drug-likeness (QED) is 0.0994. The van der Waals surface area contributed by atoms with Crippen LogP contribution in [0.15, 0.2) is 24.3 Å². The highest BCUT2D eigenvalue weighted by Crippen LogP contribution is 2.43. The van der Waals surface area contributed by atoms with Gasteiger partial charge in [-0.3, -0.25) is 13.8 Å². The summed E-state index contributed by atoms with van der Waals surface area (Å²) >= 11 is 0. The summed E-state index contributed by atoms with van der Waals surface area (Å²) in [7, 11) is -2.42. The number of carbonyl (C=O) groups excluding carboxylic acids is 1. The molecule has 1 aromatic carbocycles. The molecule has 0 aliphatic rings. The van der Waals surface area contributed by atoms with Crippen LogP contribution in [0.2, 0.25) is 0 Å². The van der Waals surface area contributed by atoms with Crippen molar-refractivity contribution in [1.82, 2.24) is 5.32 Å². The Hall–Kier alpha value is -1.24. The highest BCUT2D eigenvalue weighted by Gasteiger charge is 2.24. The summed E-state index contributed by atoms with van der Waals surface area (Å²) in [5.74, 6) is 0.693. The normalized spacial score (nSPS) is 13.8. The lowest BCUT2D eigenvalue weighted by atomic mass is 9.94. The van der Waals surface area contributed by atoms with Gasteiger partial charge in [-0.25, -0.2) is 4.57 Å². The van der Waals surface area contributed by atoms with Gasteiger partial charge in [0.1, 0.15) is 11.5 Å². The summed E-state index contributed by atoms with van der Waals surface area (Å²) in [5, 5.41) is 2.85. The fraction of sp³-hybridized carbons (Fsp3) is 0.759. The van der Waals surface area contributed by atoms with Crippen LogP contribution in [0.25, 0.3) is 0 Å². The molecule has 7 nitrogen and oxygen atoms in total. The van der Waals surface area contributed by atoms with Gasteiger partial charge in [0.25, 0.3) is 0 Å². The van der Waals surface area contributed by atoms with E-state index in [9.17, 15) is 14.3 Å². The number of rotatable bonds is 25. The van der Waals surface area contributed by atoms with Gasteiger partial charge in [-0.2, -0.15) is 0 Å². The molecule has 1 rings (SSSR count). The molecule has 0 heterocycles. The molecule has 0 saturated carbocycles. The van der Waals surface area contributed by atoms with Crippen LogP contribution >= 0.6 is 7.82 Å². The number of phosphoric ester groups is 1. The van der Waals surface area contributed by atoms with Gasteiger partial charge in [0.15, 0.2) is 0 Å². The van der Waals surface area contributed by atoms with Crippen molar-refractivity contribution in [2.75, 3.05) is 33.4 Å². The minimum absolute atomic E-state index is 0.0249. The standard InChI is InChI=1S/C29H52NO6P/c1-4-6-7-8-9-10-11-12-13-14-15-20-34-29-18-16-17-26(24-29)22-27(23-28(31)5-2)25-36-37(32,33)35-21-19-30-3/h16-18,24,27,30H,4-15,19-23,25H2,1-3H3,(H,32,33). The van der Waals surface area contributed by atoms with Gasteiger partial charge in [0.05, 0.1) is 19.8 Å². The minimum Gasteiger partial charge on any atom is -0.494 e. The van der Waals surface area contributed by atoms with E-state index in [4.69, 9.17) is 13.8 Å². The molecule has 0 aliphatic heterocycles. The first-order valence-electron chi connectivity index (χ1n) is 14.4. The van der Waals surface area contributed by atoms with Crippen molar-refractivity contribution in [3.05, 3.63) is 29.8 Å². The van der Waals surface area contributed by atoms with Gasteiger partial charge in [-0.1, -0.05) is 90.2 Å². The van der Waals surface area contributed by atoms with Crippen molar-refractivity contribution in [2.24, 2.45) is 5.92 Å². The highest BCUT2D eigenvalue weighted by molar-refractivity contribution is 7.47. The van der Waals surface area contributed by atoms with Crippen LogP contribution in [-0.4, -0.2) is 44.1 Å². The number of likely N-dealkylation sites (N-methyl/N-ethyl adjacent to an activating group) is 1. The number of hydrogen-bond acceptors (Lipinski definition) is 6. The first-order valence-corrected chi connectivity index (χ1v) is 15.9. The predicted molar refractivity (Wildman–Crippen MR) is 151 cm³/mol. The Morgan fingerprint density at radius 2 is 1.59 bits per heavy atom. The number of unbranched alkanes of at least 4 members (excludes halogenated alkanes) is 10. The van der Waals surface area contributed by atoms with Crippen molar-refractivity contribution in [3.8, 4) is 5.75 Å². The number of ketones is 1. The second-order valence-corrected chi connectivity index (χ2v) is 11.4. The Kier molecular flexibility index (Phi) is 19.8. The van der Waals surface area contributed by atoms with Crippen LogP contribution < -0.4 is 10.1 Å². The third kappa shape index (κ3) is 18.6. The predicted octanol–water partition coefficient (Wildman–Crippen LogP) is 7.26. The lowest BCUT2D eigenvalue weighted by molar-refractivity contribution is -0.120. The van der Waals surface area contributed by atoms with E-state index in [1.807, 2.05) is 31.2 Å². The SMILES string of the molecule is CCCCCCCCCCCCCOc1cccc(CC(COP(=O)(O)OCCNC)CC(=O)CC)c1. The van der Waals surface area contributed by atoms with E-state index in [1.165, 1.54) is 64.2 Å². The van der Waals surface area contributed by atoms with Gasteiger partial charge in [-0.15, -0.1) is 0 Å². The van der Waals surface area contributed by atoms with E-state index in [2.05, 4.69) is 12.2 Å². The first kappa shape index (κ1) is 33.8. The number of phosphoric acid groups is 1. The topological polar surface area (TPSA) is 94.1 Å². The van der Waals surface area contributed by atoms with Gasteiger partial charge in [0.2, 0.25) is 0 Å². The van der Waals surface area contributed by atoms with Crippen LogP contribution in [0.5, 0.6) is 5.75 Å². The summed E-state index contributed by atoms with van der Waals surface area (Å²) in [5.41, 5.74) is 1.01. The molecule has 0 amide bonds. The summed E-state index contributed by atoms with van der Waals surface area (Å²) in [4.78, 5) is 22.0. The maximum atomic E-state index is 12.1. The second-order valence-electron chi connectivity index (χ2n) is 9.90. The Labute approximate surface area is 225 Å². The monoisotopic (exact) mass is 541 g/mol. The molecule has 2 N–H and O–H groups in total. The van der Waals surface area contributed by atoms with E-state index in [0.717, 1.165) is 17.7 Å². The third-order valence-electron chi connectivity index (χ3n) is 6.43. The number of nitrogens with one attached hydrogen (secondary N) is 1. The van der Waals surface area contributed by atoms with Gasteiger partial charge >= 0.3 is 7.82 Å². The maximum Gasteiger partial charge on any atom is 0.472 e. The molecule has 0 spiro atoms. The number of carbonyl (C=O) groups is 1. The molecular weight excluding hydrogens is 489 g/mol. The van der Waals surface area contributed by atoms with Crippen molar-refractivity contribution >= 4 is 13.6 Å². The smallest absolute Gasteiger partial charge is 0.472 e. The van der Waals surface area contributed by atoms with Crippen LogP contribution in [0.1, 0.15) is 103 Å². The fourth-order valence-electron chi connectivity index (χ4n) is 4.21. The lowest BCUT2D eigenvalue weighted by Gasteiger charge is -2.19. The van der Waals surface area contributed by atoms with Crippen molar-refractivity contribution in [3.63, 3.8) is 0 Å². The first-order chi connectivity index (χ1) is 17.9. The zero-order valence-corrected chi connectivity index (χ0v) is 24.4. The van der Waals surface area contributed by atoms with Gasteiger partial charge in [0, 0.05) is 19.4 Å². The summed E-state index contributed by atoms with van der Waals surface area (Å²) < 4.78 is 28.3. The molecule has 214 valence electrons. The molecule has 8 heteroatoms. The Morgan fingerprint density at radius 3 is 2.22 bits per heavy atom. The van der Waals surface area contributed by atoms with Crippen LogP contribution in [0, 0.1) is 5.92 Å². The lowest BCUT2D eigenvalue weighted by Crippen LogP contribution is -2.18. The molecule has 0 saturated heterocycles.